The monoisotopic (exact) mass is 457 g/mol. The third-order valence-corrected chi connectivity index (χ3v) is 5.48. The molecule has 0 bridgehead atoms. The van der Waals surface area contributed by atoms with Crippen molar-refractivity contribution in [3.63, 3.8) is 0 Å². The molecule has 0 radical (unpaired) electrons. The van der Waals surface area contributed by atoms with Gasteiger partial charge in [-0.2, -0.15) is 5.10 Å². The van der Waals surface area contributed by atoms with Gasteiger partial charge in [-0.3, -0.25) is 4.99 Å². The average molecular weight is 458 g/mol. The summed E-state index contributed by atoms with van der Waals surface area (Å²) in [6.07, 6.45) is 3.51. The van der Waals surface area contributed by atoms with Crippen molar-refractivity contribution >= 4 is 33.5 Å². The summed E-state index contributed by atoms with van der Waals surface area (Å²) in [6.45, 7) is 4.27. The molecule has 0 aliphatic rings. The minimum Gasteiger partial charge on any atom is -0.493 e. The highest BCUT2D eigenvalue weighted by Crippen LogP contribution is 2.30. The Labute approximate surface area is 176 Å². The number of hydrogen-bond acceptors (Lipinski definition) is 5. The minimum atomic E-state index is 0.522. The number of methoxy groups -OCH3 is 2. The predicted octanol–water partition coefficient (Wildman–Crippen LogP) is 4.97. The van der Waals surface area contributed by atoms with E-state index in [-0.39, 0.29) is 0 Å². The van der Waals surface area contributed by atoms with E-state index in [1.54, 1.807) is 26.5 Å². The fourth-order valence-corrected chi connectivity index (χ4v) is 3.98. The molecule has 0 amide bonds. The highest BCUT2D eigenvalue weighted by molar-refractivity contribution is 9.10. The Balaban J connectivity index is 2.13. The number of para-hydroxylation sites is 1. The van der Waals surface area contributed by atoms with Crippen LogP contribution in [0.15, 0.2) is 75.1 Å². The third kappa shape index (κ3) is 4.26. The Kier molecular flexibility index (Phi) is 6.84. The highest BCUT2D eigenvalue weighted by Gasteiger charge is 2.11. The fourth-order valence-electron chi connectivity index (χ4n) is 2.65. The number of hydrogen-bond donors (Lipinski definition) is 0. The summed E-state index contributed by atoms with van der Waals surface area (Å²) in [5.41, 5.74) is 2.79. The molecule has 1 aromatic heterocycles. The van der Waals surface area contributed by atoms with Crippen molar-refractivity contribution in [1.29, 1.82) is 0 Å². The number of nitrogens with zero attached hydrogens (tertiary/aromatic N) is 3. The molecule has 0 N–H and O–H groups in total. The maximum atomic E-state index is 5.50. The summed E-state index contributed by atoms with van der Waals surface area (Å²) in [4.78, 5) is 5.35. The van der Waals surface area contributed by atoms with Crippen molar-refractivity contribution < 1.29 is 9.47 Å². The summed E-state index contributed by atoms with van der Waals surface area (Å²) < 4.78 is 13.7. The Bertz CT molecular complexity index is 1070. The van der Waals surface area contributed by atoms with Crippen molar-refractivity contribution in [3.05, 3.63) is 75.3 Å². The van der Waals surface area contributed by atoms with E-state index in [1.165, 1.54) is 11.3 Å². The summed E-state index contributed by atoms with van der Waals surface area (Å²) in [7, 11) is 3.23. The Morgan fingerprint density at radius 3 is 2.68 bits per heavy atom. The van der Waals surface area contributed by atoms with Crippen LogP contribution in [0.25, 0.3) is 11.3 Å². The van der Waals surface area contributed by atoms with Crippen molar-refractivity contribution in [2.24, 2.45) is 10.1 Å². The molecular formula is C21H20BrN3O2S. The highest BCUT2D eigenvalue weighted by atomic mass is 79.9. The van der Waals surface area contributed by atoms with Crippen molar-refractivity contribution in [2.75, 3.05) is 20.8 Å². The normalized spacial score (nSPS) is 11.8. The lowest BCUT2D eigenvalue weighted by atomic mass is 10.2. The number of halogens is 1. The van der Waals surface area contributed by atoms with Crippen LogP contribution in [-0.4, -0.2) is 31.7 Å². The van der Waals surface area contributed by atoms with Crippen molar-refractivity contribution in [3.8, 4) is 22.8 Å². The van der Waals surface area contributed by atoms with Crippen LogP contribution in [-0.2, 0) is 0 Å². The first-order valence-electron chi connectivity index (χ1n) is 8.51. The molecular weight excluding hydrogens is 438 g/mol. The van der Waals surface area contributed by atoms with Crippen LogP contribution in [0, 0.1) is 0 Å². The van der Waals surface area contributed by atoms with Gasteiger partial charge < -0.3 is 9.47 Å². The summed E-state index contributed by atoms with van der Waals surface area (Å²) in [5.74, 6) is 1.29. The van der Waals surface area contributed by atoms with Gasteiger partial charge in [-0.05, 0) is 18.2 Å². The van der Waals surface area contributed by atoms with Gasteiger partial charge in [0, 0.05) is 21.0 Å². The molecule has 5 nitrogen and oxygen atoms in total. The van der Waals surface area contributed by atoms with Gasteiger partial charge in [0.2, 0.25) is 4.80 Å². The zero-order valence-electron chi connectivity index (χ0n) is 15.6. The first kappa shape index (κ1) is 20.1. The van der Waals surface area contributed by atoms with E-state index in [9.17, 15) is 0 Å². The molecule has 2 aromatic carbocycles. The minimum absolute atomic E-state index is 0.522. The van der Waals surface area contributed by atoms with E-state index in [1.807, 2.05) is 52.5 Å². The van der Waals surface area contributed by atoms with Crippen molar-refractivity contribution in [2.45, 2.75) is 0 Å². The lowest BCUT2D eigenvalue weighted by Crippen LogP contribution is -2.12. The molecule has 3 aromatic rings. The van der Waals surface area contributed by atoms with Gasteiger partial charge in [-0.15, -0.1) is 17.9 Å². The van der Waals surface area contributed by atoms with E-state index in [2.05, 4.69) is 27.5 Å². The fraction of sp³-hybridized carbons (Fsp3) is 0.143. The molecule has 0 aliphatic heterocycles. The van der Waals surface area contributed by atoms with E-state index in [0.29, 0.717) is 18.0 Å². The Morgan fingerprint density at radius 2 is 1.96 bits per heavy atom. The smallest absolute Gasteiger partial charge is 0.206 e. The van der Waals surface area contributed by atoms with Gasteiger partial charge in [0.15, 0.2) is 11.5 Å². The maximum absolute atomic E-state index is 5.50. The third-order valence-electron chi connectivity index (χ3n) is 3.94. The number of benzene rings is 2. The number of thiazole rings is 1. The zero-order valence-corrected chi connectivity index (χ0v) is 18.0. The molecule has 0 atom stereocenters. The second kappa shape index (κ2) is 9.52. The molecule has 0 saturated heterocycles. The molecule has 3 rings (SSSR count). The summed E-state index contributed by atoms with van der Waals surface area (Å²) >= 11 is 5.15. The van der Waals surface area contributed by atoms with E-state index in [0.717, 1.165) is 26.1 Å². The van der Waals surface area contributed by atoms with Gasteiger partial charge in [-0.25, -0.2) is 4.68 Å². The molecule has 0 aliphatic carbocycles. The predicted molar refractivity (Wildman–Crippen MR) is 119 cm³/mol. The topological polar surface area (TPSA) is 48.1 Å². The zero-order chi connectivity index (χ0) is 19.9. The van der Waals surface area contributed by atoms with Crippen LogP contribution >= 0.6 is 27.3 Å². The second-order valence-corrected chi connectivity index (χ2v) is 7.34. The van der Waals surface area contributed by atoms with Gasteiger partial charge in [0.25, 0.3) is 0 Å². The average Bonchev–Trinajstić information content (AvgIpc) is 3.12. The van der Waals surface area contributed by atoms with E-state index < -0.39 is 0 Å². The molecule has 0 spiro atoms. The number of rotatable bonds is 7. The van der Waals surface area contributed by atoms with Crippen LogP contribution in [0.4, 0.5) is 0 Å². The van der Waals surface area contributed by atoms with Gasteiger partial charge in [0.1, 0.15) is 0 Å². The van der Waals surface area contributed by atoms with Gasteiger partial charge in [0.05, 0.1) is 32.7 Å². The maximum Gasteiger partial charge on any atom is 0.206 e. The molecule has 0 saturated carbocycles. The Hall–Kier alpha value is -2.64. The lowest BCUT2D eigenvalue weighted by molar-refractivity contribution is 0.354. The van der Waals surface area contributed by atoms with Crippen LogP contribution in [0.3, 0.4) is 0 Å². The first-order chi connectivity index (χ1) is 13.7. The van der Waals surface area contributed by atoms with Gasteiger partial charge >= 0.3 is 0 Å². The number of ether oxygens (including phenoxy) is 2. The second-order valence-electron chi connectivity index (χ2n) is 5.65. The standard InChI is InChI=1S/C21H20BrN3O2S/c1-4-12-23-21-25(18(14-28-21)16-9-5-6-10-17(16)22)24-13-15-8-7-11-19(26-2)20(15)27-3/h4-11,13-14H,1,12H2,2-3H3. The summed E-state index contributed by atoms with van der Waals surface area (Å²) in [6, 6.07) is 13.7. The molecule has 28 heavy (non-hydrogen) atoms. The SMILES string of the molecule is C=CCN=c1scc(-c2ccccc2Br)n1N=Cc1cccc(OC)c1OC. The van der Waals surface area contributed by atoms with Crippen molar-refractivity contribution in [1.82, 2.24) is 4.68 Å². The van der Waals surface area contributed by atoms with E-state index in [4.69, 9.17) is 14.6 Å². The Morgan fingerprint density at radius 1 is 1.14 bits per heavy atom. The van der Waals surface area contributed by atoms with Crippen LogP contribution < -0.4 is 14.3 Å². The number of aromatic nitrogens is 1. The lowest BCUT2D eigenvalue weighted by Gasteiger charge is -2.10. The largest absolute Gasteiger partial charge is 0.493 e. The molecule has 7 heteroatoms. The quantitative estimate of drug-likeness (QED) is 0.371. The molecule has 1 heterocycles. The summed E-state index contributed by atoms with van der Waals surface area (Å²) in [5, 5.41) is 6.75. The molecule has 144 valence electrons. The van der Waals surface area contributed by atoms with Crippen LogP contribution in [0.1, 0.15) is 5.56 Å². The first-order valence-corrected chi connectivity index (χ1v) is 10.2. The van der Waals surface area contributed by atoms with Gasteiger partial charge in [-0.1, -0.05) is 46.3 Å². The van der Waals surface area contributed by atoms with Crippen LogP contribution in [0.2, 0.25) is 0 Å². The molecule has 0 fully saturated rings. The van der Waals surface area contributed by atoms with Crippen LogP contribution in [0.5, 0.6) is 11.5 Å². The van der Waals surface area contributed by atoms with E-state index >= 15 is 0 Å². The molecule has 0 unspecified atom stereocenters.